The van der Waals surface area contributed by atoms with E-state index in [1.807, 2.05) is 0 Å². The largest absolute Gasteiger partial charge is 0.435 e. The maximum Gasteiger partial charge on any atom is 0.435 e. The molecule has 0 saturated carbocycles. The number of carbonyl (C=O) groups excluding carboxylic acids is 1. The summed E-state index contributed by atoms with van der Waals surface area (Å²) in [4.78, 5) is 15.5. The molecule has 0 spiro atoms. The Hall–Kier alpha value is -3.63. The Morgan fingerprint density at radius 1 is 1.32 bits per heavy atom. The molecule has 1 N–H and O–H groups in total. The summed E-state index contributed by atoms with van der Waals surface area (Å²) < 4.78 is 85.4. The van der Waals surface area contributed by atoms with Gasteiger partial charge < -0.3 is 10.2 Å². The molecule has 0 aliphatic carbocycles. The van der Waals surface area contributed by atoms with Gasteiger partial charge in [-0.1, -0.05) is 18.2 Å². The van der Waals surface area contributed by atoms with Gasteiger partial charge in [0.1, 0.15) is 16.8 Å². The summed E-state index contributed by atoms with van der Waals surface area (Å²) in [5, 5.41) is 15.8. The number of amides is 1. The van der Waals surface area contributed by atoms with E-state index in [1.165, 1.54) is 29.2 Å². The number of rotatable bonds is 5. The molecule has 0 unspecified atom stereocenters. The molecule has 0 bridgehead atoms. The van der Waals surface area contributed by atoms with Crippen LogP contribution in [0.25, 0.3) is 11.1 Å². The van der Waals surface area contributed by atoms with Crippen LogP contribution < -0.4 is 5.32 Å². The summed E-state index contributed by atoms with van der Waals surface area (Å²) in [5.74, 6) is -5.01. The van der Waals surface area contributed by atoms with Crippen molar-refractivity contribution >= 4 is 17.2 Å². The van der Waals surface area contributed by atoms with Crippen molar-refractivity contribution < 1.29 is 31.1 Å². The smallest absolute Gasteiger partial charge is 0.333 e. The Kier molecular flexibility index (Phi) is 7.26. The Balaban J connectivity index is 1.57. The van der Waals surface area contributed by atoms with E-state index in [9.17, 15) is 32.0 Å². The highest BCUT2D eigenvalue weighted by atomic mass is 32.1. The van der Waals surface area contributed by atoms with E-state index in [0.717, 1.165) is 28.3 Å². The highest BCUT2D eigenvalue weighted by molar-refractivity contribution is 7.12. The monoisotopic (exact) mass is 579 g/mol. The topological polar surface area (TPSA) is 74.0 Å². The Morgan fingerprint density at radius 2 is 2.10 bits per heavy atom. The van der Waals surface area contributed by atoms with Gasteiger partial charge in [0.2, 0.25) is 5.91 Å². The van der Waals surface area contributed by atoms with Gasteiger partial charge in [-0.2, -0.15) is 23.5 Å². The number of hydrogen-bond donors (Lipinski definition) is 1. The third kappa shape index (κ3) is 5.38. The molecule has 1 aromatic carbocycles. The second-order valence-electron chi connectivity index (χ2n) is 9.73. The fourth-order valence-corrected chi connectivity index (χ4v) is 6.22. The van der Waals surface area contributed by atoms with Gasteiger partial charge >= 0.3 is 6.18 Å². The van der Waals surface area contributed by atoms with Crippen molar-refractivity contribution in [2.45, 2.75) is 50.5 Å². The van der Waals surface area contributed by atoms with E-state index >= 15 is 4.39 Å². The highest BCUT2D eigenvalue weighted by Gasteiger charge is 2.41. The Morgan fingerprint density at radius 3 is 2.75 bits per heavy atom. The first kappa shape index (κ1) is 27.9. The van der Waals surface area contributed by atoms with E-state index in [1.54, 1.807) is 13.0 Å². The number of thiophene rings is 1. The first-order valence-corrected chi connectivity index (χ1v) is 13.3. The first-order chi connectivity index (χ1) is 18.9. The van der Waals surface area contributed by atoms with Gasteiger partial charge in [-0.15, -0.1) is 11.3 Å². The van der Waals surface area contributed by atoms with E-state index in [0.29, 0.717) is 15.3 Å². The lowest BCUT2D eigenvalue weighted by atomic mass is 9.83. The quantitative estimate of drug-likeness (QED) is 0.312. The number of benzene rings is 1. The van der Waals surface area contributed by atoms with Gasteiger partial charge in [-0.05, 0) is 30.2 Å². The zero-order valence-corrected chi connectivity index (χ0v) is 21.9. The van der Waals surface area contributed by atoms with Gasteiger partial charge in [0.25, 0.3) is 5.92 Å². The molecule has 2 aliphatic heterocycles. The van der Waals surface area contributed by atoms with Crippen LogP contribution in [0.2, 0.25) is 0 Å². The standard InChI is InChI=1S/C27H23F6N5OS/c1-2-38-12-20(25(36-38)27(31,32)33)24-17(4-3-5-21(24)28)19-11-37(13-22-18(19)8-16(10-34)40-22)23(39)7-6-15-9-26(29,30)14-35-15/h3-8,12,15,19,35H,2,9,11,13-14H2,1H3/b7-6+/t15-,19+/m1/s1. The fraction of sp³-hybridized carbons (Fsp3) is 0.370. The predicted molar refractivity (Wildman–Crippen MR) is 135 cm³/mol. The lowest BCUT2D eigenvalue weighted by Gasteiger charge is -2.33. The van der Waals surface area contributed by atoms with Crippen LogP contribution >= 0.6 is 11.3 Å². The van der Waals surface area contributed by atoms with Gasteiger partial charge in [0, 0.05) is 59.7 Å². The summed E-state index contributed by atoms with van der Waals surface area (Å²) in [6.45, 7) is 1.34. The minimum atomic E-state index is -4.85. The average molecular weight is 580 g/mol. The number of nitrogens with one attached hydrogen (secondary N) is 1. The molecule has 2 aliphatic rings. The van der Waals surface area contributed by atoms with Crippen molar-refractivity contribution in [3.63, 3.8) is 0 Å². The number of halogens is 6. The van der Waals surface area contributed by atoms with E-state index in [4.69, 9.17) is 0 Å². The molecule has 1 amide bonds. The molecular formula is C27H23F6N5OS. The van der Waals surface area contributed by atoms with Gasteiger partial charge in [-0.3, -0.25) is 9.48 Å². The number of aromatic nitrogens is 2. The zero-order chi connectivity index (χ0) is 28.8. The van der Waals surface area contributed by atoms with Crippen LogP contribution in [0.15, 0.2) is 42.6 Å². The number of fused-ring (bicyclic) bond motifs is 1. The lowest BCUT2D eigenvalue weighted by Crippen LogP contribution is -2.37. The summed E-state index contributed by atoms with van der Waals surface area (Å²) in [6, 6.07) is 6.94. The molecule has 0 radical (unpaired) electrons. The number of alkyl halides is 5. The molecule has 13 heteroatoms. The van der Waals surface area contributed by atoms with Crippen molar-refractivity contribution in [2.24, 2.45) is 0 Å². The third-order valence-corrected chi connectivity index (χ3v) is 8.07. The SMILES string of the molecule is CCn1cc(-c2c(F)cccc2[C@@H]2CN(C(=O)/C=C/[C@@H]3CC(F)(F)CN3)Cc3sc(C#N)cc32)c(C(F)(F)F)n1. The summed E-state index contributed by atoms with van der Waals surface area (Å²) in [5.41, 5.74) is -1.09. The molecule has 210 valence electrons. The molecule has 4 heterocycles. The van der Waals surface area contributed by atoms with Crippen molar-refractivity contribution in [2.75, 3.05) is 13.1 Å². The maximum atomic E-state index is 15.4. The van der Waals surface area contributed by atoms with Crippen LogP contribution in [0, 0.1) is 17.1 Å². The first-order valence-electron chi connectivity index (χ1n) is 12.4. The minimum absolute atomic E-state index is 0.0221. The molecule has 40 heavy (non-hydrogen) atoms. The second-order valence-corrected chi connectivity index (χ2v) is 10.9. The summed E-state index contributed by atoms with van der Waals surface area (Å²) in [7, 11) is 0. The van der Waals surface area contributed by atoms with E-state index in [2.05, 4.69) is 16.5 Å². The molecule has 3 aromatic rings. The van der Waals surface area contributed by atoms with E-state index < -0.39 is 60.0 Å². The normalized spacial score (nSPS) is 20.6. The van der Waals surface area contributed by atoms with Crippen LogP contribution in [-0.2, 0) is 24.1 Å². The van der Waals surface area contributed by atoms with Crippen LogP contribution in [0.5, 0.6) is 0 Å². The van der Waals surface area contributed by atoms with Crippen molar-refractivity contribution in [1.29, 1.82) is 5.26 Å². The highest BCUT2D eigenvalue weighted by Crippen LogP contribution is 2.45. The number of nitriles is 1. The van der Waals surface area contributed by atoms with Crippen molar-refractivity contribution in [3.05, 3.63) is 75.0 Å². The second kappa shape index (κ2) is 10.4. The molecule has 6 nitrogen and oxygen atoms in total. The number of aryl methyl sites for hydroxylation is 1. The van der Waals surface area contributed by atoms with Crippen LogP contribution in [0.4, 0.5) is 26.3 Å². The third-order valence-electron chi connectivity index (χ3n) is 7.03. The van der Waals surface area contributed by atoms with E-state index in [-0.39, 0.29) is 30.8 Å². The minimum Gasteiger partial charge on any atom is -0.333 e. The van der Waals surface area contributed by atoms with Crippen molar-refractivity contribution in [1.82, 2.24) is 20.0 Å². The van der Waals surface area contributed by atoms with Crippen molar-refractivity contribution in [3.8, 4) is 17.2 Å². The number of nitrogens with zero attached hydrogens (tertiary/aromatic N) is 4. The van der Waals surface area contributed by atoms with Crippen LogP contribution in [0.1, 0.15) is 45.8 Å². The van der Waals surface area contributed by atoms with Gasteiger partial charge in [-0.25, -0.2) is 13.2 Å². The predicted octanol–water partition coefficient (Wildman–Crippen LogP) is 5.69. The average Bonchev–Trinajstić information content (AvgIpc) is 3.62. The van der Waals surface area contributed by atoms with Gasteiger partial charge in [0.15, 0.2) is 5.69 Å². The Bertz CT molecular complexity index is 1520. The maximum absolute atomic E-state index is 15.4. The lowest BCUT2D eigenvalue weighted by molar-refractivity contribution is -0.141. The van der Waals surface area contributed by atoms with Gasteiger partial charge in [0.05, 0.1) is 13.1 Å². The molecule has 2 aromatic heterocycles. The summed E-state index contributed by atoms with van der Waals surface area (Å²) >= 11 is 1.14. The van der Waals surface area contributed by atoms with Crippen LogP contribution in [-0.4, -0.2) is 45.6 Å². The molecule has 1 fully saturated rings. The summed E-state index contributed by atoms with van der Waals surface area (Å²) in [6.07, 6.45) is -1.58. The molecule has 2 atom stereocenters. The molecular weight excluding hydrogens is 556 g/mol. The zero-order valence-electron chi connectivity index (χ0n) is 21.1. The fourth-order valence-electron chi connectivity index (χ4n) is 5.18. The van der Waals surface area contributed by atoms with Crippen LogP contribution in [0.3, 0.4) is 0 Å². The molecule has 1 saturated heterocycles. The number of hydrogen-bond acceptors (Lipinski definition) is 5. The number of carbonyl (C=O) groups is 1. The molecule has 5 rings (SSSR count). The Labute approximate surface area is 229 Å².